The maximum absolute atomic E-state index is 10.7. The van der Waals surface area contributed by atoms with Crippen LogP contribution in [-0.2, 0) is 5.41 Å². The van der Waals surface area contributed by atoms with Gasteiger partial charge in [-0.1, -0.05) is 13.8 Å². The highest BCUT2D eigenvalue weighted by molar-refractivity contribution is 5.85. The van der Waals surface area contributed by atoms with Crippen LogP contribution in [0.4, 0.5) is 11.4 Å². The molecule has 0 saturated heterocycles. The minimum Gasteiger partial charge on any atom is -0.260 e. The highest BCUT2D eigenvalue weighted by Crippen LogP contribution is 2.42. The van der Waals surface area contributed by atoms with Crippen LogP contribution >= 0.6 is 0 Å². The van der Waals surface area contributed by atoms with E-state index in [-0.39, 0.29) is 16.0 Å². The van der Waals surface area contributed by atoms with Crippen molar-refractivity contribution in [3.8, 4) is 0 Å². The number of hydrogen-bond donors (Lipinski definition) is 0. The first kappa shape index (κ1) is 10.8. The van der Waals surface area contributed by atoms with Gasteiger partial charge in [0.1, 0.15) is 0 Å². The Kier molecular flexibility index (Phi) is 2.50. The Morgan fingerprint density at radius 1 is 1.38 bits per heavy atom. The molecule has 4 heteroatoms. The Morgan fingerprint density at radius 3 is 2.62 bits per heavy atom. The molecule has 1 aliphatic rings. The molecule has 0 unspecified atom stereocenters. The summed E-state index contributed by atoms with van der Waals surface area (Å²) in [5, 5.41) is 10.7. The van der Waals surface area contributed by atoms with Crippen LogP contribution in [0.3, 0.4) is 0 Å². The van der Waals surface area contributed by atoms with Gasteiger partial charge in [-0.3, -0.25) is 15.1 Å². The van der Waals surface area contributed by atoms with Crippen molar-refractivity contribution in [3.05, 3.63) is 33.9 Å². The van der Waals surface area contributed by atoms with E-state index in [0.717, 1.165) is 24.1 Å². The molecule has 0 aromatic heterocycles. The predicted octanol–water partition coefficient (Wildman–Crippen LogP) is 3.37. The van der Waals surface area contributed by atoms with Gasteiger partial charge in [0.25, 0.3) is 5.69 Å². The summed E-state index contributed by atoms with van der Waals surface area (Å²) in [7, 11) is 0. The number of nitro groups is 1. The van der Waals surface area contributed by atoms with Crippen molar-refractivity contribution in [1.29, 1.82) is 0 Å². The monoisotopic (exact) mass is 218 g/mol. The first-order chi connectivity index (χ1) is 7.63. The molecule has 1 aliphatic heterocycles. The lowest BCUT2D eigenvalue weighted by atomic mass is 9.78. The van der Waals surface area contributed by atoms with Crippen molar-refractivity contribution < 1.29 is 4.92 Å². The molecule has 1 aromatic carbocycles. The molecule has 1 heterocycles. The number of aliphatic imine (C=N–C) groups is 1. The van der Waals surface area contributed by atoms with Gasteiger partial charge >= 0.3 is 0 Å². The predicted molar refractivity (Wildman–Crippen MR) is 63.5 cm³/mol. The molecule has 0 fully saturated rings. The number of benzene rings is 1. The zero-order valence-corrected chi connectivity index (χ0v) is 9.43. The van der Waals surface area contributed by atoms with E-state index in [4.69, 9.17) is 0 Å². The van der Waals surface area contributed by atoms with Crippen molar-refractivity contribution in [2.75, 3.05) is 0 Å². The van der Waals surface area contributed by atoms with Crippen LogP contribution in [0, 0.1) is 10.1 Å². The topological polar surface area (TPSA) is 55.5 Å². The molecule has 1 aromatic rings. The van der Waals surface area contributed by atoms with Crippen LogP contribution in [0.25, 0.3) is 0 Å². The second-order valence-corrected chi connectivity index (χ2v) is 4.08. The van der Waals surface area contributed by atoms with Crippen LogP contribution in [0.2, 0.25) is 0 Å². The number of hydrogen-bond acceptors (Lipinski definition) is 3. The summed E-state index contributed by atoms with van der Waals surface area (Å²) < 4.78 is 0. The number of fused-ring (bicyclic) bond motifs is 1. The fourth-order valence-corrected chi connectivity index (χ4v) is 2.24. The number of nitro benzene ring substituents is 1. The molecular weight excluding hydrogens is 204 g/mol. The normalized spacial score (nSPS) is 16.1. The standard InChI is InChI=1S/C12H14N2O2/c1-3-12(4-2)8-13-11-7-9(14(15)16)5-6-10(11)12/h5-8H,3-4H2,1-2H3. The van der Waals surface area contributed by atoms with Gasteiger partial charge in [-0.05, 0) is 24.5 Å². The summed E-state index contributed by atoms with van der Waals surface area (Å²) in [6, 6.07) is 4.96. The maximum Gasteiger partial charge on any atom is 0.271 e. The van der Waals surface area contributed by atoms with Crippen molar-refractivity contribution in [1.82, 2.24) is 0 Å². The Labute approximate surface area is 94.2 Å². The number of non-ortho nitro benzene ring substituents is 1. The minimum atomic E-state index is -0.381. The summed E-state index contributed by atoms with van der Waals surface area (Å²) >= 11 is 0. The molecule has 2 rings (SSSR count). The van der Waals surface area contributed by atoms with E-state index in [1.807, 2.05) is 12.3 Å². The fraction of sp³-hybridized carbons (Fsp3) is 0.417. The Bertz CT molecular complexity index is 462. The van der Waals surface area contributed by atoms with E-state index in [1.54, 1.807) is 12.1 Å². The SMILES string of the molecule is CCC1(CC)C=Nc2cc([N+](=O)[O-])ccc21. The summed E-state index contributed by atoms with van der Waals surface area (Å²) in [6.45, 7) is 4.23. The number of nitrogens with zero attached hydrogens (tertiary/aromatic N) is 2. The third-order valence-electron chi connectivity index (χ3n) is 3.44. The van der Waals surface area contributed by atoms with Crippen molar-refractivity contribution >= 4 is 17.6 Å². The fourth-order valence-electron chi connectivity index (χ4n) is 2.24. The van der Waals surface area contributed by atoms with Gasteiger partial charge in [-0.15, -0.1) is 0 Å². The van der Waals surface area contributed by atoms with E-state index >= 15 is 0 Å². The van der Waals surface area contributed by atoms with Gasteiger partial charge in [-0.2, -0.15) is 0 Å². The van der Waals surface area contributed by atoms with Crippen LogP contribution in [0.5, 0.6) is 0 Å². The molecule has 0 N–H and O–H groups in total. The maximum atomic E-state index is 10.7. The second kappa shape index (κ2) is 3.70. The van der Waals surface area contributed by atoms with Crippen LogP contribution in [0.15, 0.2) is 23.2 Å². The largest absolute Gasteiger partial charge is 0.271 e. The molecule has 0 amide bonds. The van der Waals surface area contributed by atoms with E-state index in [2.05, 4.69) is 18.8 Å². The molecule has 0 spiro atoms. The minimum absolute atomic E-state index is 0.0234. The molecule has 84 valence electrons. The summed E-state index contributed by atoms with van der Waals surface area (Å²) in [4.78, 5) is 14.6. The molecule has 0 atom stereocenters. The molecule has 0 radical (unpaired) electrons. The van der Waals surface area contributed by atoms with Gasteiger partial charge in [0.15, 0.2) is 0 Å². The zero-order valence-electron chi connectivity index (χ0n) is 9.43. The van der Waals surface area contributed by atoms with Crippen molar-refractivity contribution in [2.24, 2.45) is 4.99 Å². The molecule has 0 saturated carbocycles. The summed E-state index contributed by atoms with van der Waals surface area (Å²) in [6.07, 6.45) is 3.87. The molecule has 0 bridgehead atoms. The molecular formula is C12H14N2O2. The van der Waals surface area contributed by atoms with E-state index < -0.39 is 0 Å². The quantitative estimate of drug-likeness (QED) is 0.577. The summed E-state index contributed by atoms with van der Waals surface area (Å²) in [5.74, 6) is 0. The van der Waals surface area contributed by atoms with Gasteiger partial charge in [-0.25, -0.2) is 0 Å². The third kappa shape index (κ3) is 1.41. The smallest absolute Gasteiger partial charge is 0.260 e. The van der Waals surface area contributed by atoms with E-state index in [1.165, 1.54) is 0 Å². The second-order valence-electron chi connectivity index (χ2n) is 4.08. The average molecular weight is 218 g/mol. The van der Waals surface area contributed by atoms with Gasteiger partial charge in [0.2, 0.25) is 0 Å². The van der Waals surface area contributed by atoms with Crippen molar-refractivity contribution in [3.63, 3.8) is 0 Å². The molecule has 16 heavy (non-hydrogen) atoms. The molecule has 4 nitrogen and oxygen atoms in total. The molecule has 0 aliphatic carbocycles. The lowest BCUT2D eigenvalue weighted by molar-refractivity contribution is -0.384. The van der Waals surface area contributed by atoms with Gasteiger partial charge in [0.05, 0.1) is 10.6 Å². The highest BCUT2D eigenvalue weighted by atomic mass is 16.6. The average Bonchev–Trinajstić information content (AvgIpc) is 2.67. The van der Waals surface area contributed by atoms with Gasteiger partial charge in [0, 0.05) is 23.8 Å². The van der Waals surface area contributed by atoms with E-state index in [9.17, 15) is 10.1 Å². The van der Waals surface area contributed by atoms with Crippen molar-refractivity contribution in [2.45, 2.75) is 32.1 Å². The lowest BCUT2D eigenvalue weighted by Gasteiger charge is -2.23. The first-order valence-corrected chi connectivity index (χ1v) is 5.47. The Morgan fingerprint density at radius 2 is 2.06 bits per heavy atom. The summed E-state index contributed by atoms with van der Waals surface area (Å²) in [5.41, 5.74) is 1.95. The van der Waals surface area contributed by atoms with Gasteiger partial charge < -0.3 is 0 Å². The van der Waals surface area contributed by atoms with Crippen LogP contribution in [0.1, 0.15) is 32.3 Å². The van der Waals surface area contributed by atoms with Crippen LogP contribution in [-0.4, -0.2) is 11.1 Å². The van der Waals surface area contributed by atoms with Crippen LogP contribution < -0.4 is 0 Å². The van der Waals surface area contributed by atoms with E-state index in [0.29, 0.717) is 0 Å². The Hall–Kier alpha value is -1.71. The Balaban J connectivity index is 2.51. The third-order valence-corrected chi connectivity index (χ3v) is 3.44. The highest BCUT2D eigenvalue weighted by Gasteiger charge is 2.33. The lowest BCUT2D eigenvalue weighted by Crippen LogP contribution is -2.23. The number of rotatable bonds is 3. The first-order valence-electron chi connectivity index (χ1n) is 5.47. The zero-order chi connectivity index (χ0) is 11.8.